The lowest BCUT2D eigenvalue weighted by atomic mass is 10.2. The molecular formula is C16H32N4O2. The third-order valence-corrected chi connectivity index (χ3v) is 4.36. The van der Waals surface area contributed by atoms with E-state index in [2.05, 4.69) is 29.0 Å². The van der Waals surface area contributed by atoms with Crippen molar-refractivity contribution < 1.29 is 9.53 Å². The van der Waals surface area contributed by atoms with E-state index in [0.717, 1.165) is 71.9 Å². The maximum Gasteiger partial charge on any atom is 0.236 e. The van der Waals surface area contributed by atoms with E-state index in [1.54, 1.807) is 0 Å². The first-order valence-electron chi connectivity index (χ1n) is 8.70. The third-order valence-electron chi connectivity index (χ3n) is 4.36. The molecule has 0 saturated carbocycles. The van der Waals surface area contributed by atoms with Crippen LogP contribution in [0.2, 0.25) is 0 Å². The molecule has 0 aromatic heterocycles. The van der Waals surface area contributed by atoms with Crippen molar-refractivity contribution in [1.29, 1.82) is 0 Å². The zero-order valence-corrected chi connectivity index (χ0v) is 14.2. The van der Waals surface area contributed by atoms with E-state index in [0.29, 0.717) is 18.6 Å². The fraction of sp³-hybridized carbons (Fsp3) is 0.938. The van der Waals surface area contributed by atoms with Crippen molar-refractivity contribution in [2.75, 3.05) is 72.1 Å². The Kier molecular flexibility index (Phi) is 7.59. The second-order valence-corrected chi connectivity index (χ2v) is 6.52. The second-order valence-electron chi connectivity index (χ2n) is 6.52. The van der Waals surface area contributed by atoms with Gasteiger partial charge in [0.2, 0.25) is 5.91 Å². The van der Waals surface area contributed by atoms with E-state index in [-0.39, 0.29) is 0 Å². The first-order chi connectivity index (χ1) is 10.6. The summed E-state index contributed by atoms with van der Waals surface area (Å²) in [6, 6.07) is 0. The minimum Gasteiger partial charge on any atom is -0.379 e. The molecule has 0 bridgehead atoms. The fourth-order valence-electron chi connectivity index (χ4n) is 2.98. The predicted octanol–water partition coefficient (Wildman–Crippen LogP) is -0.149. The number of nitrogens with one attached hydrogen (secondary N) is 1. The topological polar surface area (TPSA) is 48.1 Å². The Hall–Kier alpha value is -0.690. The molecule has 2 aliphatic rings. The summed E-state index contributed by atoms with van der Waals surface area (Å²) in [6.07, 6.45) is 1.42. The molecule has 0 aromatic carbocycles. The van der Waals surface area contributed by atoms with E-state index in [1.165, 1.54) is 0 Å². The molecular weight excluding hydrogens is 280 g/mol. The Bertz CT molecular complexity index is 324. The Morgan fingerprint density at radius 3 is 2.32 bits per heavy atom. The van der Waals surface area contributed by atoms with Gasteiger partial charge in [0.05, 0.1) is 12.6 Å². The summed E-state index contributed by atoms with van der Waals surface area (Å²) in [6.45, 7) is 14.4. The highest BCUT2D eigenvalue weighted by molar-refractivity contribution is 5.78. The Morgan fingerprint density at radius 1 is 1.05 bits per heavy atom. The number of ether oxygens (including phenoxy) is 1. The van der Waals surface area contributed by atoms with Gasteiger partial charge in [-0.05, 0) is 20.3 Å². The van der Waals surface area contributed by atoms with E-state index in [9.17, 15) is 4.79 Å². The summed E-state index contributed by atoms with van der Waals surface area (Å²) < 4.78 is 5.58. The summed E-state index contributed by atoms with van der Waals surface area (Å²) in [5.74, 6) is 0.292. The number of piperazine rings is 2. The maximum atomic E-state index is 12.2. The van der Waals surface area contributed by atoms with Crippen LogP contribution in [0.1, 0.15) is 20.3 Å². The van der Waals surface area contributed by atoms with E-state index in [1.807, 2.05) is 4.90 Å². The number of amides is 1. The van der Waals surface area contributed by atoms with Crippen LogP contribution in [0, 0.1) is 0 Å². The highest BCUT2D eigenvalue weighted by Gasteiger charge is 2.22. The van der Waals surface area contributed by atoms with Crippen LogP contribution in [-0.4, -0.2) is 98.8 Å². The van der Waals surface area contributed by atoms with Gasteiger partial charge in [-0.15, -0.1) is 0 Å². The molecule has 2 aliphatic heterocycles. The minimum absolute atomic E-state index is 0.292. The van der Waals surface area contributed by atoms with Gasteiger partial charge in [-0.2, -0.15) is 0 Å². The first kappa shape index (κ1) is 17.7. The van der Waals surface area contributed by atoms with Crippen LogP contribution in [0.4, 0.5) is 0 Å². The van der Waals surface area contributed by atoms with E-state index < -0.39 is 0 Å². The van der Waals surface area contributed by atoms with Crippen LogP contribution >= 0.6 is 0 Å². The number of carbonyl (C=O) groups is 1. The molecule has 0 radical (unpaired) electrons. The quantitative estimate of drug-likeness (QED) is 0.663. The van der Waals surface area contributed by atoms with Crippen LogP contribution in [0.5, 0.6) is 0 Å². The van der Waals surface area contributed by atoms with Crippen molar-refractivity contribution in [2.24, 2.45) is 0 Å². The monoisotopic (exact) mass is 312 g/mol. The summed E-state index contributed by atoms with van der Waals surface area (Å²) >= 11 is 0. The zero-order chi connectivity index (χ0) is 15.8. The number of rotatable bonds is 7. The highest BCUT2D eigenvalue weighted by atomic mass is 16.5. The van der Waals surface area contributed by atoms with Gasteiger partial charge in [0.25, 0.3) is 0 Å². The van der Waals surface area contributed by atoms with Crippen LogP contribution in [0.15, 0.2) is 0 Å². The SMILES string of the molecule is CC(C)OCCCN1CCN(CC(=O)N2CCNCC2)CC1. The molecule has 2 heterocycles. The van der Waals surface area contributed by atoms with Gasteiger partial charge in [0, 0.05) is 65.5 Å². The summed E-state index contributed by atoms with van der Waals surface area (Å²) in [5, 5.41) is 3.29. The molecule has 0 atom stereocenters. The molecule has 1 amide bonds. The molecule has 128 valence electrons. The van der Waals surface area contributed by atoms with Crippen LogP contribution in [0.25, 0.3) is 0 Å². The molecule has 2 fully saturated rings. The predicted molar refractivity (Wildman–Crippen MR) is 88.0 cm³/mol. The van der Waals surface area contributed by atoms with Gasteiger partial charge >= 0.3 is 0 Å². The molecule has 6 nitrogen and oxygen atoms in total. The van der Waals surface area contributed by atoms with Crippen LogP contribution < -0.4 is 5.32 Å². The van der Waals surface area contributed by atoms with Gasteiger partial charge in [-0.25, -0.2) is 0 Å². The van der Waals surface area contributed by atoms with Crippen molar-refractivity contribution in [3.05, 3.63) is 0 Å². The third kappa shape index (κ3) is 6.20. The van der Waals surface area contributed by atoms with Gasteiger partial charge in [-0.3, -0.25) is 9.69 Å². The lowest BCUT2D eigenvalue weighted by Gasteiger charge is -2.36. The average Bonchev–Trinajstić information content (AvgIpc) is 2.54. The fourth-order valence-corrected chi connectivity index (χ4v) is 2.98. The second kappa shape index (κ2) is 9.45. The molecule has 6 heteroatoms. The zero-order valence-electron chi connectivity index (χ0n) is 14.2. The van der Waals surface area contributed by atoms with Crippen molar-refractivity contribution in [1.82, 2.24) is 20.0 Å². The van der Waals surface area contributed by atoms with Gasteiger partial charge < -0.3 is 19.9 Å². The Balaban J connectivity index is 1.57. The molecule has 22 heavy (non-hydrogen) atoms. The van der Waals surface area contributed by atoms with E-state index >= 15 is 0 Å². The molecule has 1 N–H and O–H groups in total. The molecule has 0 aromatic rings. The lowest BCUT2D eigenvalue weighted by Crippen LogP contribution is -2.53. The van der Waals surface area contributed by atoms with Crippen molar-refractivity contribution in [2.45, 2.75) is 26.4 Å². The Morgan fingerprint density at radius 2 is 1.68 bits per heavy atom. The van der Waals surface area contributed by atoms with Crippen molar-refractivity contribution in [3.63, 3.8) is 0 Å². The van der Waals surface area contributed by atoms with Crippen molar-refractivity contribution in [3.8, 4) is 0 Å². The van der Waals surface area contributed by atoms with E-state index in [4.69, 9.17) is 4.74 Å². The minimum atomic E-state index is 0.292. The molecule has 0 spiro atoms. The Labute approximate surface area is 134 Å². The summed E-state index contributed by atoms with van der Waals surface area (Å²) in [5.41, 5.74) is 0. The summed E-state index contributed by atoms with van der Waals surface area (Å²) in [4.78, 5) is 19.0. The first-order valence-corrected chi connectivity index (χ1v) is 8.70. The smallest absolute Gasteiger partial charge is 0.236 e. The van der Waals surface area contributed by atoms with Crippen LogP contribution in [-0.2, 0) is 9.53 Å². The largest absolute Gasteiger partial charge is 0.379 e. The maximum absolute atomic E-state index is 12.2. The number of hydrogen-bond donors (Lipinski definition) is 1. The highest BCUT2D eigenvalue weighted by Crippen LogP contribution is 2.04. The normalized spacial score (nSPS) is 21.5. The van der Waals surface area contributed by atoms with Gasteiger partial charge in [0.15, 0.2) is 0 Å². The molecule has 2 saturated heterocycles. The van der Waals surface area contributed by atoms with Gasteiger partial charge in [0.1, 0.15) is 0 Å². The standard InChI is InChI=1S/C16H32N4O2/c1-15(2)22-13-3-6-18-9-11-19(12-10-18)14-16(21)20-7-4-17-5-8-20/h15,17H,3-14H2,1-2H3. The van der Waals surface area contributed by atoms with Gasteiger partial charge in [-0.1, -0.05) is 0 Å². The number of hydrogen-bond acceptors (Lipinski definition) is 5. The average molecular weight is 312 g/mol. The lowest BCUT2D eigenvalue weighted by molar-refractivity contribution is -0.133. The van der Waals surface area contributed by atoms with Crippen molar-refractivity contribution >= 4 is 5.91 Å². The number of nitrogens with zero attached hydrogens (tertiary/aromatic N) is 3. The number of carbonyl (C=O) groups excluding carboxylic acids is 1. The summed E-state index contributed by atoms with van der Waals surface area (Å²) in [7, 11) is 0. The molecule has 2 rings (SSSR count). The molecule has 0 aliphatic carbocycles. The van der Waals surface area contributed by atoms with Crippen LogP contribution in [0.3, 0.4) is 0 Å². The molecule has 0 unspecified atom stereocenters.